The maximum Gasteiger partial charge on any atom is 0.123 e. The van der Waals surface area contributed by atoms with Gasteiger partial charge in [-0.1, -0.05) is 12.1 Å². The predicted molar refractivity (Wildman–Crippen MR) is 75.6 cm³/mol. The smallest absolute Gasteiger partial charge is 0.123 e. The summed E-state index contributed by atoms with van der Waals surface area (Å²) in [6.45, 7) is 1.15. The Morgan fingerprint density at radius 2 is 2.17 bits per heavy atom. The highest BCUT2D eigenvalue weighted by atomic mass is 32.2. The van der Waals surface area contributed by atoms with Gasteiger partial charge >= 0.3 is 0 Å². The minimum Gasteiger partial charge on any atom is -0.313 e. The van der Waals surface area contributed by atoms with E-state index in [4.69, 9.17) is 0 Å². The Morgan fingerprint density at radius 3 is 2.78 bits per heavy atom. The van der Waals surface area contributed by atoms with Gasteiger partial charge in [-0.25, -0.2) is 4.39 Å². The van der Waals surface area contributed by atoms with Gasteiger partial charge in [0.05, 0.1) is 0 Å². The first-order valence-electron chi connectivity index (χ1n) is 6.75. The van der Waals surface area contributed by atoms with E-state index in [2.05, 4.69) is 11.6 Å². The van der Waals surface area contributed by atoms with E-state index in [0.717, 1.165) is 19.4 Å². The van der Waals surface area contributed by atoms with E-state index in [-0.39, 0.29) is 5.82 Å². The summed E-state index contributed by atoms with van der Waals surface area (Å²) in [6.07, 6.45) is 7.26. The van der Waals surface area contributed by atoms with Gasteiger partial charge in [0.15, 0.2) is 0 Å². The molecule has 3 heteroatoms. The van der Waals surface area contributed by atoms with Crippen molar-refractivity contribution in [3.8, 4) is 0 Å². The summed E-state index contributed by atoms with van der Waals surface area (Å²) in [5.74, 6) is 0.450. The second-order valence-corrected chi connectivity index (χ2v) is 6.96. The van der Waals surface area contributed by atoms with Gasteiger partial charge < -0.3 is 5.32 Å². The van der Waals surface area contributed by atoms with Crippen LogP contribution in [0.4, 0.5) is 4.39 Å². The number of rotatable bonds is 5. The van der Waals surface area contributed by atoms with Gasteiger partial charge in [0.1, 0.15) is 5.82 Å². The van der Waals surface area contributed by atoms with Crippen LogP contribution in [0.5, 0.6) is 0 Å². The van der Waals surface area contributed by atoms with Gasteiger partial charge in [-0.3, -0.25) is 0 Å². The Morgan fingerprint density at radius 1 is 1.39 bits per heavy atom. The van der Waals surface area contributed by atoms with E-state index in [1.54, 1.807) is 6.07 Å². The Hall–Kier alpha value is -0.540. The highest BCUT2D eigenvalue weighted by Gasteiger charge is 2.42. The van der Waals surface area contributed by atoms with Crippen LogP contribution in [-0.4, -0.2) is 23.6 Å². The van der Waals surface area contributed by atoms with Crippen molar-refractivity contribution in [2.45, 2.75) is 42.4 Å². The molecule has 1 nitrogen and oxygen atoms in total. The molecule has 98 valence electrons. The Bertz CT molecular complexity index is 424. The molecular weight excluding hydrogens is 245 g/mol. The minimum absolute atomic E-state index is 0.108. The molecule has 0 bridgehead atoms. The number of halogens is 1. The monoisotopic (exact) mass is 265 g/mol. The lowest BCUT2D eigenvalue weighted by atomic mass is 9.76. The van der Waals surface area contributed by atoms with Crippen LogP contribution < -0.4 is 5.32 Å². The van der Waals surface area contributed by atoms with Crippen LogP contribution in [0.3, 0.4) is 0 Å². The maximum atomic E-state index is 13.1. The van der Waals surface area contributed by atoms with Crippen molar-refractivity contribution >= 4 is 11.8 Å². The van der Waals surface area contributed by atoms with E-state index in [0.29, 0.717) is 16.7 Å². The Kier molecular flexibility index (Phi) is 3.37. The van der Waals surface area contributed by atoms with Gasteiger partial charge in [0, 0.05) is 17.3 Å². The summed E-state index contributed by atoms with van der Waals surface area (Å²) in [4.78, 5) is 0. The van der Waals surface area contributed by atoms with Gasteiger partial charge in [0.25, 0.3) is 0 Å². The van der Waals surface area contributed by atoms with E-state index in [1.807, 2.05) is 23.9 Å². The average Bonchev–Trinajstić information content (AvgIpc) is 3.08. The molecule has 0 radical (unpaired) electrons. The van der Waals surface area contributed by atoms with Crippen LogP contribution >= 0.6 is 11.8 Å². The summed E-state index contributed by atoms with van der Waals surface area (Å²) in [5, 5.41) is 3.67. The Balaban J connectivity index is 1.46. The van der Waals surface area contributed by atoms with Crippen molar-refractivity contribution < 1.29 is 4.39 Å². The van der Waals surface area contributed by atoms with Crippen molar-refractivity contribution in [3.63, 3.8) is 0 Å². The van der Waals surface area contributed by atoms with E-state index in [1.165, 1.54) is 24.5 Å². The predicted octanol–water partition coefficient (Wildman–Crippen LogP) is 3.56. The van der Waals surface area contributed by atoms with Crippen molar-refractivity contribution in [2.75, 3.05) is 12.8 Å². The zero-order valence-corrected chi connectivity index (χ0v) is 11.6. The molecule has 2 aliphatic rings. The second-order valence-electron chi connectivity index (χ2n) is 5.69. The molecule has 0 unspecified atom stereocenters. The maximum absolute atomic E-state index is 13.1. The van der Waals surface area contributed by atoms with Crippen molar-refractivity contribution in [1.82, 2.24) is 5.32 Å². The number of nitrogens with one attached hydrogen (secondary N) is 1. The lowest BCUT2D eigenvalue weighted by molar-refractivity contribution is 0.290. The lowest BCUT2D eigenvalue weighted by Crippen LogP contribution is -2.43. The highest BCUT2D eigenvalue weighted by Crippen LogP contribution is 2.47. The second kappa shape index (κ2) is 4.86. The molecule has 0 amide bonds. The number of hydrogen-bond acceptors (Lipinski definition) is 2. The summed E-state index contributed by atoms with van der Waals surface area (Å²) in [5.41, 5.74) is 1.17. The van der Waals surface area contributed by atoms with E-state index >= 15 is 0 Å². The summed E-state index contributed by atoms with van der Waals surface area (Å²) >= 11 is 2.00. The van der Waals surface area contributed by atoms with Crippen molar-refractivity contribution in [2.24, 2.45) is 0 Å². The van der Waals surface area contributed by atoms with Crippen LogP contribution in [0, 0.1) is 5.82 Å². The first-order valence-corrected chi connectivity index (χ1v) is 7.97. The number of benzene rings is 1. The topological polar surface area (TPSA) is 12.0 Å². The quantitative estimate of drug-likeness (QED) is 0.873. The lowest BCUT2D eigenvalue weighted by Gasteiger charge is -2.37. The molecule has 2 aliphatic carbocycles. The zero-order valence-electron chi connectivity index (χ0n) is 10.8. The molecule has 0 aliphatic heterocycles. The first kappa shape index (κ1) is 12.5. The SMILES string of the molecule is CSC1(CNC2CC(c3cccc(F)c3)C2)CC1. The van der Waals surface area contributed by atoms with Crippen molar-refractivity contribution in [1.29, 1.82) is 0 Å². The van der Waals surface area contributed by atoms with E-state index < -0.39 is 0 Å². The van der Waals surface area contributed by atoms with Crippen LogP contribution in [0.1, 0.15) is 37.2 Å². The molecule has 1 aromatic carbocycles. The normalized spacial score (nSPS) is 28.8. The molecule has 0 atom stereocenters. The third-order valence-electron chi connectivity index (χ3n) is 4.41. The van der Waals surface area contributed by atoms with Gasteiger partial charge in [-0.15, -0.1) is 0 Å². The molecule has 18 heavy (non-hydrogen) atoms. The zero-order chi connectivity index (χ0) is 12.6. The molecule has 2 fully saturated rings. The molecule has 1 N–H and O–H groups in total. The molecule has 0 spiro atoms. The van der Waals surface area contributed by atoms with Crippen LogP contribution in [0.2, 0.25) is 0 Å². The standard InChI is InChI=1S/C15H20FNS/c1-18-15(5-6-15)10-17-14-8-12(9-14)11-3-2-4-13(16)7-11/h2-4,7,12,14,17H,5-6,8-10H2,1H3. The number of hydrogen-bond donors (Lipinski definition) is 1. The largest absolute Gasteiger partial charge is 0.313 e. The molecule has 0 saturated heterocycles. The third-order valence-corrected chi connectivity index (χ3v) is 5.83. The van der Waals surface area contributed by atoms with Crippen LogP contribution in [0.25, 0.3) is 0 Å². The fourth-order valence-corrected chi connectivity index (χ4v) is 3.48. The highest BCUT2D eigenvalue weighted by molar-refractivity contribution is 8.00. The van der Waals surface area contributed by atoms with Crippen LogP contribution in [0.15, 0.2) is 24.3 Å². The van der Waals surface area contributed by atoms with Crippen molar-refractivity contribution in [3.05, 3.63) is 35.6 Å². The Labute approximate surface area is 113 Å². The molecule has 1 aromatic rings. The fraction of sp³-hybridized carbons (Fsp3) is 0.600. The summed E-state index contributed by atoms with van der Waals surface area (Å²) < 4.78 is 13.7. The summed E-state index contributed by atoms with van der Waals surface area (Å²) in [6, 6.07) is 7.72. The minimum atomic E-state index is -0.108. The first-order chi connectivity index (χ1) is 8.71. The van der Waals surface area contributed by atoms with Crippen LogP contribution in [-0.2, 0) is 0 Å². The molecular formula is C15H20FNS. The average molecular weight is 265 g/mol. The molecule has 0 heterocycles. The molecule has 3 rings (SSSR count). The fourth-order valence-electron chi connectivity index (χ4n) is 2.74. The molecule has 0 aromatic heterocycles. The van der Waals surface area contributed by atoms with Gasteiger partial charge in [-0.2, -0.15) is 11.8 Å². The van der Waals surface area contributed by atoms with E-state index in [9.17, 15) is 4.39 Å². The number of thioether (sulfide) groups is 1. The van der Waals surface area contributed by atoms with Gasteiger partial charge in [-0.05, 0) is 55.6 Å². The van der Waals surface area contributed by atoms with Gasteiger partial charge in [0.2, 0.25) is 0 Å². The summed E-state index contributed by atoms with van der Waals surface area (Å²) in [7, 11) is 0. The molecule has 2 saturated carbocycles. The third kappa shape index (κ3) is 2.57.